The van der Waals surface area contributed by atoms with E-state index in [9.17, 15) is 18.7 Å². The number of aliphatic hydroxyl groups excluding tert-OH is 1. The number of carbonyl (C=O) groups excluding carboxylic acids is 1. The summed E-state index contributed by atoms with van der Waals surface area (Å²) in [6, 6.07) is 6.13. The maximum absolute atomic E-state index is 13.6. The average Bonchev–Trinajstić information content (AvgIpc) is 2.97. The number of methoxy groups -OCH3 is 1. The summed E-state index contributed by atoms with van der Waals surface area (Å²) in [5.41, 5.74) is 1.43. The Kier molecular flexibility index (Phi) is 4.67. The summed E-state index contributed by atoms with van der Waals surface area (Å²) in [6.45, 7) is 1.86. The Morgan fingerprint density at radius 1 is 1.28 bits per heavy atom. The van der Waals surface area contributed by atoms with Gasteiger partial charge in [0.05, 0.1) is 19.3 Å². The Morgan fingerprint density at radius 3 is 2.72 bits per heavy atom. The van der Waals surface area contributed by atoms with Crippen LogP contribution in [-0.2, 0) is 0 Å². The number of β-amino-alcohol motifs (C(OH)–C–C–N with tert-alkyl or cyclic N) is 1. The Balaban J connectivity index is 1.94. The van der Waals surface area contributed by atoms with Gasteiger partial charge in [-0.2, -0.15) is 0 Å². The first-order valence-electron chi connectivity index (χ1n) is 7.85. The molecule has 5 nitrogen and oxygen atoms in total. The third kappa shape index (κ3) is 3.46. The molecule has 1 aromatic heterocycles. The van der Waals surface area contributed by atoms with Crippen LogP contribution in [0.4, 0.5) is 8.78 Å². The number of hydrogen-bond donors (Lipinski definition) is 1. The van der Waals surface area contributed by atoms with Crippen LogP contribution in [0.2, 0.25) is 0 Å². The van der Waals surface area contributed by atoms with E-state index in [-0.39, 0.29) is 18.9 Å². The monoisotopic (exact) mass is 348 g/mol. The fourth-order valence-corrected chi connectivity index (χ4v) is 3.11. The maximum Gasteiger partial charge on any atom is 0.254 e. The lowest BCUT2D eigenvalue weighted by molar-refractivity contribution is 0.0715. The number of hydrogen-bond acceptors (Lipinski definition) is 4. The molecule has 0 spiro atoms. The van der Waals surface area contributed by atoms with Crippen LogP contribution in [-0.4, -0.2) is 40.7 Å². The van der Waals surface area contributed by atoms with E-state index in [1.807, 2.05) is 0 Å². The van der Waals surface area contributed by atoms with E-state index in [1.54, 1.807) is 13.0 Å². The molecule has 0 radical (unpaired) electrons. The molecule has 2 unspecified atom stereocenters. The van der Waals surface area contributed by atoms with Gasteiger partial charge in [-0.25, -0.2) is 13.8 Å². The second kappa shape index (κ2) is 6.76. The number of amides is 1. The first-order valence-corrected chi connectivity index (χ1v) is 7.85. The van der Waals surface area contributed by atoms with Gasteiger partial charge in [-0.05, 0) is 37.1 Å². The number of ether oxygens (including phenoxy) is 1. The largest absolute Gasteiger partial charge is 0.481 e. The standard InChI is InChI=1S/C18H18F2N2O3/c1-10-5-12(7-17(21-10)25-2)18(24)22-9-13(23)8-16(22)11-3-4-14(19)15(20)6-11/h3-7,13,16,23H,8-9H2,1-2H3. The molecule has 0 saturated carbocycles. The fourth-order valence-electron chi connectivity index (χ4n) is 3.11. The molecule has 1 fully saturated rings. The molecule has 2 atom stereocenters. The van der Waals surface area contributed by atoms with Crippen LogP contribution in [0.1, 0.15) is 34.1 Å². The number of carbonyl (C=O) groups is 1. The van der Waals surface area contributed by atoms with Gasteiger partial charge in [0.25, 0.3) is 5.91 Å². The highest BCUT2D eigenvalue weighted by Crippen LogP contribution is 2.34. The van der Waals surface area contributed by atoms with Crippen LogP contribution in [0, 0.1) is 18.6 Å². The van der Waals surface area contributed by atoms with Crippen LogP contribution in [0.25, 0.3) is 0 Å². The number of aliphatic hydroxyl groups is 1. The molecule has 2 heterocycles. The summed E-state index contributed by atoms with van der Waals surface area (Å²) in [4.78, 5) is 18.5. The second-order valence-corrected chi connectivity index (χ2v) is 6.08. The number of halogens is 2. The summed E-state index contributed by atoms with van der Waals surface area (Å²) >= 11 is 0. The van der Waals surface area contributed by atoms with Crippen molar-refractivity contribution in [2.24, 2.45) is 0 Å². The van der Waals surface area contributed by atoms with Crippen LogP contribution >= 0.6 is 0 Å². The molecule has 1 aromatic carbocycles. The Hall–Kier alpha value is -2.54. The van der Waals surface area contributed by atoms with E-state index in [4.69, 9.17) is 4.74 Å². The van der Waals surface area contributed by atoms with Crippen molar-refractivity contribution in [3.63, 3.8) is 0 Å². The van der Waals surface area contributed by atoms with Crippen LogP contribution in [0.5, 0.6) is 5.88 Å². The second-order valence-electron chi connectivity index (χ2n) is 6.08. The highest BCUT2D eigenvalue weighted by molar-refractivity contribution is 5.95. The lowest BCUT2D eigenvalue weighted by Gasteiger charge is -2.25. The summed E-state index contributed by atoms with van der Waals surface area (Å²) in [5.74, 6) is -1.94. The molecule has 2 aromatic rings. The van der Waals surface area contributed by atoms with E-state index >= 15 is 0 Å². The minimum Gasteiger partial charge on any atom is -0.481 e. The zero-order valence-electron chi connectivity index (χ0n) is 13.9. The van der Waals surface area contributed by atoms with Gasteiger partial charge in [0.15, 0.2) is 11.6 Å². The first-order chi connectivity index (χ1) is 11.9. The molecule has 3 rings (SSSR count). The van der Waals surface area contributed by atoms with Gasteiger partial charge < -0.3 is 14.7 Å². The van der Waals surface area contributed by atoms with E-state index in [1.165, 1.54) is 24.1 Å². The molecule has 1 saturated heterocycles. The van der Waals surface area contributed by atoms with Gasteiger partial charge in [0.1, 0.15) is 0 Å². The summed E-state index contributed by atoms with van der Waals surface area (Å²) < 4.78 is 31.8. The topological polar surface area (TPSA) is 62.7 Å². The van der Waals surface area contributed by atoms with Crippen molar-refractivity contribution < 1.29 is 23.4 Å². The lowest BCUT2D eigenvalue weighted by Crippen LogP contribution is -2.32. The van der Waals surface area contributed by atoms with E-state index in [0.29, 0.717) is 22.7 Å². The predicted molar refractivity (Wildman–Crippen MR) is 86.3 cm³/mol. The van der Waals surface area contributed by atoms with Crippen LogP contribution < -0.4 is 4.74 Å². The average molecular weight is 348 g/mol. The molecular weight excluding hydrogens is 330 g/mol. The summed E-state index contributed by atoms with van der Waals surface area (Å²) in [7, 11) is 1.46. The number of nitrogens with zero attached hydrogens (tertiary/aromatic N) is 2. The zero-order chi connectivity index (χ0) is 18.1. The van der Waals surface area contributed by atoms with Gasteiger partial charge in [-0.15, -0.1) is 0 Å². The maximum atomic E-state index is 13.6. The SMILES string of the molecule is COc1cc(C(=O)N2CC(O)CC2c2ccc(F)c(F)c2)cc(C)n1. The predicted octanol–water partition coefficient (Wildman–Crippen LogP) is 2.62. The molecule has 25 heavy (non-hydrogen) atoms. The van der Waals surface area contributed by atoms with Crippen molar-refractivity contribution in [3.8, 4) is 5.88 Å². The molecule has 1 aliphatic heterocycles. The fraction of sp³-hybridized carbons (Fsp3) is 0.333. The molecular formula is C18H18F2N2O3. The summed E-state index contributed by atoms with van der Waals surface area (Å²) in [5, 5.41) is 10.0. The van der Waals surface area contributed by atoms with Gasteiger partial charge in [-0.3, -0.25) is 4.79 Å². The number of aromatic nitrogens is 1. The Morgan fingerprint density at radius 2 is 2.04 bits per heavy atom. The van der Waals surface area contributed by atoms with Gasteiger partial charge in [-0.1, -0.05) is 6.07 Å². The number of aryl methyl sites for hydroxylation is 1. The van der Waals surface area contributed by atoms with Gasteiger partial charge in [0.2, 0.25) is 5.88 Å². The van der Waals surface area contributed by atoms with Crippen molar-refractivity contribution in [1.29, 1.82) is 0 Å². The molecule has 1 amide bonds. The molecule has 0 aliphatic carbocycles. The van der Waals surface area contributed by atoms with Gasteiger partial charge >= 0.3 is 0 Å². The van der Waals surface area contributed by atoms with Crippen LogP contribution in [0.3, 0.4) is 0 Å². The van der Waals surface area contributed by atoms with Crippen molar-refractivity contribution in [3.05, 3.63) is 58.8 Å². The molecule has 132 valence electrons. The number of benzene rings is 1. The van der Waals surface area contributed by atoms with Crippen LogP contribution in [0.15, 0.2) is 30.3 Å². The molecule has 1 aliphatic rings. The number of rotatable bonds is 3. The minimum atomic E-state index is -0.979. The highest BCUT2D eigenvalue weighted by Gasteiger charge is 2.36. The van der Waals surface area contributed by atoms with E-state index < -0.39 is 23.8 Å². The normalized spacial score (nSPS) is 20.0. The molecule has 7 heteroatoms. The molecule has 0 bridgehead atoms. The zero-order valence-corrected chi connectivity index (χ0v) is 13.9. The minimum absolute atomic E-state index is 0.117. The van der Waals surface area contributed by atoms with Crippen molar-refractivity contribution in [2.45, 2.75) is 25.5 Å². The van der Waals surface area contributed by atoms with E-state index in [0.717, 1.165) is 12.1 Å². The lowest BCUT2D eigenvalue weighted by atomic mass is 10.0. The Labute approximate surface area is 143 Å². The Bertz CT molecular complexity index is 813. The highest BCUT2D eigenvalue weighted by atomic mass is 19.2. The number of pyridine rings is 1. The van der Waals surface area contributed by atoms with Crippen molar-refractivity contribution in [2.75, 3.05) is 13.7 Å². The molecule has 1 N–H and O–H groups in total. The quantitative estimate of drug-likeness (QED) is 0.926. The van der Waals surface area contributed by atoms with E-state index in [2.05, 4.69) is 4.98 Å². The van der Waals surface area contributed by atoms with Gasteiger partial charge in [0, 0.05) is 23.9 Å². The third-order valence-corrected chi connectivity index (χ3v) is 4.25. The third-order valence-electron chi connectivity index (χ3n) is 4.25. The number of likely N-dealkylation sites (tertiary alicyclic amines) is 1. The smallest absolute Gasteiger partial charge is 0.254 e. The van der Waals surface area contributed by atoms with Crippen molar-refractivity contribution >= 4 is 5.91 Å². The first kappa shape index (κ1) is 17.3. The van der Waals surface area contributed by atoms with Crippen molar-refractivity contribution in [1.82, 2.24) is 9.88 Å². The summed E-state index contributed by atoms with van der Waals surface area (Å²) in [6.07, 6.45) is -0.468.